The zero-order valence-electron chi connectivity index (χ0n) is 14.1. The van der Waals surface area contributed by atoms with Crippen molar-refractivity contribution in [2.45, 2.75) is 13.0 Å². The Hall–Kier alpha value is -2.25. The molecule has 2 aromatic heterocycles. The van der Waals surface area contributed by atoms with Gasteiger partial charge in [-0.25, -0.2) is 0 Å². The Morgan fingerprint density at radius 2 is 1.88 bits per heavy atom. The van der Waals surface area contributed by atoms with Crippen LogP contribution in [0.3, 0.4) is 0 Å². The third-order valence-corrected chi connectivity index (χ3v) is 4.78. The molecule has 1 aromatic carbocycles. The van der Waals surface area contributed by atoms with E-state index in [0.717, 1.165) is 39.2 Å². The number of hydrogen-bond acceptors (Lipinski definition) is 5. The zero-order chi connectivity index (χ0) is 17.6. The second-order valence-corrected chi connectivity index (χ2v) is 6.25. The summed E-state index contributed by atoms with van der Waals surface area (Å²) in [5, 5.41) is 12.6. The van der Waals surface area contributed by atoms with E-state index in [1.165, 1.54) is 0 Å². The van der Waals surface area contributed by atoms with Crippen molar-refractivity contribution in [1.29, 1.82) is 0 Å². The second kappa shape index (κ2) is 8.22. The van der Waals surface area contributed by atoms with Crippen molar-refractivity contribution in [1.82, 2.24) is 20.0 Å². The highest BCUT2D eigenvalue weighted by Crippen LogP contribution is 2.29. The highest BCUT2D eigenvalue weighted by Gasteiger charge is 2.17. The maximum absolute atomic E-state index is 5.24. The van der Waals surface area contributed by atoms with Crippen molar-refractivity contribution in [3.8, 4) is 17.0 Å². The Balaban J connectivity index is 1.94. The first-order valence-electron chi connectivity index (χ1n) is 7.87. The van der Waals surface area contributed by atoms with Crippen LogP contribution in [0.5, 0.6) is 5.75 Å². The first-order chi connectivity index (χ1) is 12.2. The molecule has 0 unspecified atom stereocenters. The summed E-state index contributed by atoms with van der Waals surface area (Å²) < 4.78 is 13.4. The third kappa shape index (κ3) is 4.05. The van der Waals surface area contributed by atoms with Gasteiger partial charge in [-0.3, -0.25) is 4.68 Å². The van der Waals surface area contributed by atoms with Crippen LogP contribution in [-0.2, 0) is 17.7 Å². The van der Waals surface area contributed by atoms with Crippen molar-refractivity contribution in [2.75, 3.05) is 20.8 Å². The first-order valence-corrected chi connectivity index (χ1v) is 8.66. The minimum atomic E-state index is 0.623. The van der Waals surface area contributed by atoms with E-state index in [0.29, 0.717) is 13.2 Å². The normalized spacial score (nSPS) is 10.8. The molecule has 7 heteroatoms. The van der Waals surface area contributed by atoms with Crippen LogP contribution in [0.15, 0.2) is 47.3 Å². The maximum atomic E-state index is 5.24. The van der Waals surface area contributed by atoms with Gasteiger partial charge in [0.2, 0.25) is 0 Å². The lowest BCUT2D eigenvalue weighted by atomic mass is 10.1. The number of benzene rings is 1. The maximum Gasteiger partial charge on any atom is 0.118 e. The quantitative estimate of drug-likeness (QED) is 0.606. The lowest BCUT2D eigenvalue weighted by molar-refractivity contribution is 0.202. The van der Waals surface area contributed by atoms with Gasteiger partial charge in [-0.05, 0) is 39.7 Å². The molecule has 0 bridgehead atoms. The molecule has 25 heavy (non-hydrogen) atoms. The van der Waals surface area contributed by atoms with Crippen molar-refractivity contribution >= 4 is 15.9 Å². The average molecular weight is 403 g/mol. The van der Waals surface area contributed by atoms with Gasteiger partial charge in [-0.2, -0.15) is 15.3 Å². The van der Waals surface area contributed by atoms with Crippen LogP contribution in [-0.4, -0.2) is 40.8 Å². The summed E-state index contributed by atoms with van der Waals surface area (Å²) in [5.74, 6) is 0.840. The lowest BCUT2D eigenvalue weighted by Crippen LogP contribution is -2.02. The fraction of sp³-hybridized carbons (Fsp3) is 0.278. The molecule has 0 aliphatic rings. The molecule has 0 spiro atoms. The second-order valence-electron chi connectivity index (χ2n) is 5.50. The number of hydrogen-bond donors (Lipinski definition) is 0. The topological polar surface area (TPSA) is 62.1 Å². The molecule has 0 atom stereocenters. The van der Waals surface area contributed by atoms with Crippen LogP contribution in [0.1, 0.15) is 11.1 Å². The van der Waals surface area contributed by atoms with Gasteiger partial charge in [0, 0.05) is 24.7 Å². The highest BCUT2D eigenvalue weighted by atomic mass is 79.9. The predicted octanol–water partition coefficient (Wildman–Crippen LogP) is 3.35. The van der Waals surface area contributed by atoms with E-state index in [1.807, 2.05) is 35.0 Å². The molecule has 130 valence electrons. The Labute approximate surface area is 154 Å². The standard InChI is InChI=1S/C18H19BrN4O2/c1-24-10-8-16-17(14-7-9-20-21-11-14)22-23(18(16)19)12-13-3-5-15(25-2)6-4-13/h3-7,9,11H,8,10,12H2,1-2H3. The van der Waals surface area contributed by atoms with Gasteiger partial charge >= 0.3 is 0 Å². The summed E-state index contributed by atoms with van der Waals surface area (Å²) in [4.78, 5) is 0. The summed E-state index contributed by atoms with van der Waals surface area (Å²) in [6, 6.07) is 9.89. The molecule has 6 nitrogen and oxygen atoms in total. The van der Waals surface area contributed by atoms with Crippen LogP contribution in [0, 0.1) is 0 Å². The summed E-state index contributed by atoms with van der Waals surface area (Å²) in [5.41, 5.74) is 4.08. The van der Waals surface area contributed by atoms with E-state index in [1.54, 1.807) is 26.6 Å². The van der Waals surface area contributed by atoms with E-state index in [9.17, 15) is 0 Å². The van der Waals surface area contributed by atoms with E-state index in [2.05, 4.69) is 26.1 Å². The van der Waals surface area contributed by atoms with Crippen molar-refractivity contribution < 1.29 is 9.47 Å². The van der Waals surface area contributed by atoms with Crippen LogP contribution < -0.4 is 4.74 Å². The number of ether oxygens (including phenoxy) is 2. The molecule has 3 rings (SSSR count). The molecule has 3 aromatic rings. The minimum Gasteiger partial charge on any atom is -0.497 e. The SMILES string of the molecule is COCCc1c(-c2ccnnc2)nn(Cc2ccc(OC)cc2)c1Br. The smallest absolute Gasteiger partial charge is 0.118 e. The summed E-state index contributed by atoms with van der Waals surface area (Å²) in [6.07, 6.45) is 4.16. The average Bonchev–Trinajstić information content (AvgIpc) is 2.97. The molecule has 0 N–H and O–H groups in total. The van der Waals surface area contributed by atoms with Gasteiger partial charge < -0.3 is 9.47 Å². The fourth-order valence-corrected chi connectivity index (χ4v) is 3.17. The Bertz CT molecular complexity index is 819. The highest BCUT2D eigenvalue weighted by molar-refractivity contribution is 9.10. The van der Waals surface area contributed by atoms with Crippen LogP contribution in [0.2, 0.25) is 0 Å². The van der Waals surface area contributed by atoms with Crippen molar-refractivity contribution in [2.24, 2.45) is 0 Å². The van der Waals surface area contributed by atoms with Crippen LogP contribution in [0.4, 0.5) is 0 Å². The molecule has 0 saturated carbocycles. The molecule has 0 amide bonds. The zero-order valence-corrected chi connectivity index (χ0v) is 15.7. The predicted molar refractivity (Wildman–Crippen MR) is 98.6 cm³/mol. The third-order valence-electron chi connectivity index (χ3n) is 3.89. The molecular weight excluding hydrogens is 384 g/mol. The van der Waals surface area contributed by atoms with Crippen molar-refractivity contribution in [3.63, 3.8) is 0 Å². The van der Waals surface area contributed by atoms with Gasteiger partial charge in [0.25, 0.3) is 0 Å². The molecule has 0 saturated heterocycles. The Kier molecular flexibility index (Phi) is 5.78. The van der Waals surface area contributed by atoms with Gasteiger partial charge in [0.15, 0.2) is 0 Å². The first kappa shape index (κ1) is 17.6. The molecule has 0 radical (unpaired) electrons. The van der Waals surface area contributed by atoms with Crippen LogP contribution >= 0.6 is 15.9 Å². The number of nitrogens with zero attached hydrogens (tertiary/aromatic N) is 4. The Morgan fingerprint density at radius 3 is 2.52 bits per heavy atom. The van der Waals surface area contributed by atoms with Gasteiger partial charge in [0.05, 0.1) is 38.3 Å². The monoisotopic (exact) mass is 402 g/mol. The largest absolute Gasteiger partial charge is 0.497 e. The van der Waals surface area contributed by atoms with E-state index >= 15 is 0 Å². The lowest BCUT2D eigenvalue weighted by Gasteiger charge is -2.06. The molecule has 0 aliphatic carbocycles. The number of halogens is 1. The molecular formula is C18H19BrN4O2. The number of rotatable bonds is 7. The molecule has 2 heterocycles. The fourth-order valence-electron chi connectivity index (χ4n) is 2.58. The van der Waals surface area contributed by atoms with Gasteiger partial charge in [-0.15, -0.1) is 0 Å². The van der Waals surface area contributed by atoms with Gasteiger partial charge in [-0.1, -0.05) is 12.1 Å². The molecule has 0 aliphatic heterocycles. The van der Waals surface area contributed by atoms with Crippen LogP contribution in [0.25, 0.3) is 11.3 Å². The van der Waals surface area contributed by atoms with Crippen molar-refractivity contribution in [3.05, 3.63) is 58.5 Å². The summed E-state index contributed by atoms with van der Waals surface area (Å²) in [7, 11) is 3.36. The van der Waals surface area contributed by atoms with E-state index in [4.69, 9.17) is 14.6 Å². The number of methoxy groups -OCH3 is 2. The molecule has 0 fully saturated rings. The number of aromatic nitrogens is 4. The van der Waals surface area contributed by atoms with E-state index in [-0.39, 0.29) is 0 Å². The summed E-state index contributed by atoms with van der Waals surface area (Å²) >= 11 is 3.70. The van der Waals surface area contributed by atoms with E-state index < -0.39 is 0 Å². The Morgan fingerprint density at radius 1 is 1.08 bits per heavy atom. The van der Waals surface area contributed by atoms with Gasteiger partial charge in [0.1, 0.15) is 10.4 Å². The minimum absolute atomic E-state index is 0.623. The summed E-state index contributed by atoms with van der Waals surface area (Å²) in [6.45, 7) is 1.28.